The van der Waals surface area contributed by atoms with E-state index >= 15 is 0 Å². The summed E-state index contributed by atoms with van der Waals surface area (Å²) in [6.07, 6.45) is 2.14. The van der Waals surface area contributed by atoms with Gasteiger partial charge in [0.1, 0.15) is 5.82 Å². The van der Waals surface area contributed by atoms with Gasteiger partial charge in [-0.15, -0.1) is 0 Å². The molecular weight excluding hydrogens is 254 g/mol. The third kappa shape index (κ3) is 2.80. The van der Waals surface area contributed by atoms with Gasteiger partial charge >= 0.3 is 0 Å². The smallest absolute Gasteiger partial charge is 0.241 e. The molecule has 0 spiro atoms. The van der Waals surface area contributed by atoms with Crippen LogP contribution in [0.3, 0.4) is 0 Å². The van der Waals surface area contributed by atoms with Gasteiger partial charge in [-0.3, -0.25) is 0 Å². The summed E-state index contributed by atoms with van der Waals surface area (Å²) in [7, 11) is -1.85. The maximum atomic E-state index is 12.2. The van der Waals surface area contributed by atoms with E-state index in [0.29, 0.717) is 25.5 Å². The number of nitrogens with zero attached hydrogens (tertiary/aromatic N) is 1. The number of ether oxygens (including phenoxy) is 1. The molecule has 0 aliphatic carbocycles. The Kier molecular flexibility index (Phi) is 3.56. The van der Waals surface area contributed by atoms with Crippen molar-refractivity contribution in [3.63, 3.8) is 0 Å². The molecule has 100 valence electrons. The second-order valence-corrected chi connectivity index (χ2v) is 6.28. The van der Waals surface area contributed by atoms with E-state index < -0.39 is 15.6 Å². The number of hydrogen-bond acceptors (Lipinski definition) is 5. The van der Waals surface area contributed by atoms with E-state index in [9.17, 15) is 8.42 Å². The second-order valence-electron chi connectivity index (χ2n) is 4.60. The van der Waals surface area contributed by atoms with Crippen molar-refractivity contribution in [3.05, 3.63) is 18.3 Å². The Morgan fingerprint density at radius 1 is 1.50 bits per heavy atom. The predicted molar refractivity (Wildman–Crippen MR) is 67.9 cm³/mol. The third-order valence-corrected chi connectivity index (χ3v) is 4.53. The molecule has 1 aromatic rings. The van der Waals surface area contributed by atoms with Gasteiger partial charge < -0.3 is 10.1 Å². The van der Waals surface area contributed by atoms with Crippen molar-refractivity contribution in [3.8, 4) is 0 Å². The summed E-state index contributed by atoms with van der Waals surface area (Å²) < 4.78 is 32.4. The molecular formula is C11H17N3O3S. The highest BCUT2D eigenvalue weighted by Gasteiger charge is 2.34. The molecule has 2 N–H and O–H groups in total. The Morgan fingerprint density at radius 2 is 2.28 bits per heavy atom. The van der Waals surface area contributed by atoms with Gasteiger partial charge in [0.05, 0.1) is 17.0 Å². The van der Waals surface area contributed by atoms with E-state index in [4.69, 9.17) is 4.74 Å². The largest absolute Gasteiger partial charge is 0.379 e. The van der Waals surface area contributed by atoms with Gasteiger partial charge in [-0.1, -0.05) is 0 Å². The van der Waals surface area contributed by atoms with Gasteiger partial charge in [-0.25, -0.2) is 18.1 Å². The Morgan fingerprint density at radius 3 is 2.89 bits per heavy atom. The number of nitrogens with one attached hydrogen (secondary N) is 2. The molecule has 18 heavy (non-hydrogen) atoms. The van der Waals surface area contributed by atoms with Crippen LogP contribution < -0.4 is 10.0 Å². The number of anilines is 1. The van der Waals surface area contributed by atoms with Crippen LogP contribution in [0.2, 0.25) is 0 Å². The minimum atomic E-state index is -3.54. The first-order valence-corrected chi connectivity index (χ1v) is 7.19. The molecule has 0 saturated carbocycles. The Balaban J connectivity index is 2.24. The van der Waals surface area contributed by atoms with Crippen molar-refractivity contribution < 1.29 is 13.2 Å². The Labute approximate surface area is 107 Å². The van der Waals surface area contributed by atoms with Crippen molar-refractivity contribution in [2.45, 2.75) is 23.8 Å². The van der Waals surface area contributed by atoms with Gasteiger partial charge in [0.15, 0.2) is 0 Å². The first-order chi connectivity index (χ1) is 8.45. The van der Waals surface area contributed by atoms with Gasteiger partial charge in [-0.05, 0) is 19.4 Å². The standard InChI is InChI=1S/C11H17N3O3S/c1-11(4-6-17-8-11)14-18(15,16)9-3-5-13-10(7-9)12-2/h3,5,7,14H,4,6,8H2,1-2H3,(H,12,13). The number of rotatable bonds is 4. The first kappa shape index (κ1) is 13.3. The van der Waals surface area contributed by atoms with Crippen LogP contribution >= 0.6 is 0 Å². The molecule has 1 atom stereocenters. The molecule has 6 nitrogen and oxygen atoms in total. The van der Waals surface area contributed by atoms with Crippen LogP contribution in [0.5, 0.6) is 0 Å². The predicted octanol–water partition coefficient (Wildman–Crippen LogP) is 0.581. The van der Waals surface area contributed by atoms with Crippen molar-refractivity contribution in [2.75, 3.05) is 25.6 Å². The van der Waals surface area contributed by atoms with Crippen LogP contribution in [0.25, 0.3) is 0 Å². The van der Waals surface area contributed by atoms with E-state index in [0.717, 1.165) is 0 Å². The zero-order valence-electron chi connectivity index (χ0n) is 10.4. The summed E-state index contributed by atoms with van der Waals surface area (Å²) in [6.45, 7) is 2.82. The zero-order valence-corrected chi connectivity index (χ0v) is 11.3. The lowest BCUT2D eigenvalue weighted by Gasteiger charge is -2.23. The van der Waals surface area contributed by atoms with Crippen LogP contribution in [0.15, 0.2) is 23.2 Å². The molecule has 1 aliphatic rings. The number of sulfonamides is 1. The highest BCUT2D eigenvalue weighted by molar-refractivity contribution is 7.89. The maximum absolute atomic E-state index is 12.2. The maximum Gasteiger partial charge on any atom is 0.241 e. The molecule has 0 radical (unpaired) electrons. The summed E-state index contributed by atoms with van der Waals surface area (Å²) in [5, 5.41) is 2.81. The third-order valence-electron chi connectivity index (χ3n) is 2.90. The lowest BCUT2D eigenvalue weighted by atomic mass is 10.0. The van der Waals surface area contributed by atoms with E-state index in [1.54, 1.807) is 7.05 Å². The molecule has 2 heterocycles. The minimum absolute atomic E-state index is 0.204. The molecule has 0 bridgehead atoms. The highest BCUT2D eigenvalue weighted by atomic mass is 32.2. The fraction of sp³-hybridized carbons (Fsp3) is 0.545. The molecule has 0 aromatic carbocycles. The van der Waals surface area contributed by atoms with Crippen LogP contribution in [0.1, 0.15) is 13.3 Å². The first-order valence-electron chi connectivity index (χ1n) is 5.71. The second kappa shape index (κ2) is 4.83. The normalized spacial score (nSPS) is 24.1. The average Bonchev–Trinajstić information content (AvgIpc) is 2.75. The van der Waals surface area contributed by atoms with E-state index in [1.165, 1.54) is 18.3 Å². The molecule has 1 unspecified atom stereocenters. The van der Waals surface area contributed by atoms with Crippen molar-refractivity contribution in [2.24, 2.45) is 0 Å². The number of hydrogen-bond donors (Lipinski definition) is 2. The van der Waals surface area contributed by atoms with Crippen molar-refractivity contribution in [1.82, 2.24) is 9.71 Å². The van der Waals surface area contributed by atoms with E-state index in [1.807, 2.05) is 6.92 Å². The molecule has 1 aliphatic heterocycles. The highest BCUT2D eigenvalue weighted by Crippen LogP contribution is 2.21. The summed E-state index contributed by atoms with van der Waals surface area (Å²) in [5.74, 6) is 0.519. The summed E-state index contributed by atoms with van der Waals surface area (Å²) >= 11 is 0. The molecule has 7 heteroatoms. The van der Waals surface area contributed by atoms with Crippen LogP contribution in [-0.4, -0.2) is 39.2 Å². The van der Waals surface area contributed by atoms with Gasteiger partial charge in [0, 0.05) is 25.9 Å². The van der Waals surface area contributed by atoms with Crippen molar-refractivity contribution in [1.29, 1.82) is 0 Å². The topological polar surface area (TPSA) is 80.3 Å². The van der Waals surface area contributed by atoms with Gasteiger partial charge in [0.25, 0.3) is 0 Å². The van der Waals surface area contributed by atoms with Crippen molar-refractivity contribution >= 4 is 15.8 Å². The number of aromatic nitrogens is 1. The lowest BCUT2D eigenvalue weighted by Crippen LogP contribution is -2.46. The quantitative estimate of drug-likeness (QED) is 0.837. The van der Waals surface area contributed by atoms with Gasteiger partial charge in [-0.2, -0.15) is 0 Å². The van der Waals surface area contributed by atoms with Crippen LogP contribution in [0.4, 0.5) is 5.82 Å². The van der Waals surface area contributed by atoms with Crippen LogP contribution in [0, 0.1) is 0 Å². The summed E-state index contributed by atoms with van der Waals surface area (Å²) in [4.78, 5) is 4.20. The molecule has 2 rings (SSSR count). The number of pyridine rings is 1. The lowest BCUT2D eigenvalue weighted by molar-refractivity contribution is 0.178. The zero-order chi connectivity index (χ0) is 13.2. The monoisotopic (exact) mass is 271 g/mol. The molecule has 1 saturated heterocycles. The Bertz CT molecular complexity index is 524. The molecule has 0 amide bonds. The minimum Gasteiger partial charge on any atom is -0.379 e. The summed E-state index contributed by atoms with van der Waals surface area (Å²) in [6, 6.07) is 2.98. The summed E-state index contributed by atoms with van der Waals surface area (Å²) in [5.41, 5.74) is -0.526. The fourth-order valence-corrected chi connectivity index (χ4v) is 3.28. The van der Waals surface area contributed by atoms with Crippen LogP contribution in [-0.2, 0) is 14.8 Å². The van der Waals surface area contributed by atoms with Gasteiger partial charge in [0.2, 0.25) is 10.0 Å². The molecule has 1 fully saturated rings. The fourth-order valence-electron chi connectivity index (χ4n) is 1.85. The van der Waals surface area contributed by atoms with E-state index in [-0.39, 0.29) is 4.90 Å². The average molecular weight is 271 g/mol. The molecule has 1 aromatic heterocycles. The Hall–Kier alpha value is -1.18. The van der Waals surface area contributed by atoms with E-state index in [2.05, 4.69) is 15.0 Å². The SMILES string of the molecule is CNc1cc(S(=O)(=O)NC2(C)CCOC2)ccn1.